The quantitative estimate of drug-likeness (QED) is 0.807. The van der Waals surface area contributed by atoms with E-state index in [0.29, 0.717) is 18.0 Å². The third-order valence-corrected chi connectivity index (χ3v) is 2.77. The molecule has 1 N–H and O–H groups in total. The maximum atomic E-state index is 12.9. The minimum Gasteiger partial charge on any atom is -0.352 e. The molecule has 0 spiro atoms. The molecule has 0 fully saturated rings. The Morgan fingerprint density at radius 3 is 2.76 bits per heavy atom. The summed E-state index contributed by atoms with van der Waals surface area (Å²) >= 11 is 5.68. The molecule has 0 radical (unpaired) electrons. The first-order valence-corrected chi connectivity index (χ1v) is 6.08. The zero-order chi connectivity index (χ0) is 12.9. The zero-order valence-corrected chi connectivity index (χ0v) is 10.9. The van der Waals surface area contributed by atoms with Crippen molar-refractivity contribution in [3.05, 3.63) is 35.6 Å². The summed E-state index contributed by atoms with van der Waals surface area (Å²) in [5.41, 5.74) is 0.289. The summed E-state index contributed by atoms with van der Waals surface area (Å²) in [6, 6.07) is 5.65. The van der Waals surface area contributed by atoms with Crippen molar-refractivity contribution in [3.63, 3.8) is 0 Å². The van der Waals surface area contributed by atoms with Gasteiger partial charge in [-0.05, 0) is 30.0 Å². The van der Waals surface area contributed by atoms with Crippen LogP contribution in [0, 0.1) is 11.2 Å². The van der Waals surface area contributed by atoms with Gasteiger partial charge in [0.1, 0.15) is 5.82 Å². The number of benzene rings is 1. The fourth-order valence-corrected chi connectivity index (χ4v) is 1.91. The first-order valence-electron chi connectivity index (χ1n) is 5.54. The van der Waals surface area contributed by atoms with Gasteiger partial charge < -0.3 is 5.32 Å². The van der Waals surface area contributed by atoms with Crippen LogP contribution in [0.4, 0.5) is 4.39 Å². The van der Waals surface area contributed by atoms with Gasteiger partial charge in [0.05, 0.1) is 0 Å². The van der Waals surface area contributed by atoms with Crippen molar-refractivity contribution in [1.29, 1.82) is 0 Å². The molecule has 94 valence electrons. The molecule has 0 bridgehead atoms. The minimum absolute atomic E-state index is 0.0509. The normalized spacial score (nSPS) is 11.3. The lowest BCUT2D eigenvalue weighted by atomic mass is 9.90. The summed E-state index contributed by atoms with van der Waals surface area (Å²) in [6.07, 6.45) is 0.817. The fourth-order valence-electron chi connectivity index (χ4n) is 1.40. The molecular weight excluding hydrogens is 241 g/mol. The molecule has 0 saturated heterocycles. The van der Waals surface area contributed by atoms with Gasteiger partial charge in [0.2, 0.25) is 0 Å². The molecule has 0 saturated carbocycles. The number of nitrogens with one attached hydrogen (secondary N) is 1. The lowest BCUT2D eigenvalue weighted by Crippen LogP contribution is -2.34. The number of carbonyl (C=O) groups excluding carboxylic acids is 1. The molecule has 0 aliphatic rings. The van der Waals surface area contributed by atoms with Crippen LogP contribution >= 0.6 is 11.6 Å². The van der Waals surface area contributed by atoms with E-state index < -0.39 is 5.82 Å². The van der Waals surface area contributed by atoms with Crippen molar-refractivity contribution in [2.75, 3.05) is 12.4 Å². The van der Waals surface area contributed by atoms with Crippen molar-refractivity contribution < 1.29 is 9.18 Å². The van der Waals surface area contributed by atoms with Gasteiger partial charge in [-0.15, -0.1) is 11.6 Å². The number of rotatable bonds is 5. The number of alkyl halides is 1. The van der Waals surface area contributed by atoms with E-state index in [1.807, 2.05) is 13.8 Å². The van der Waals surface area contributed by atoms with E-state index in [1.54, 1.807) is 6.07 Å². The van der Waals surface area contributed by atoms with E-state index >= 15 is 0 Å². The van der Waals surface area contributed by atoms with Gasteiger partial charge >= 0.3 is 0 Å². The summed E-state index contributed by atoms with van der Waals surface area (Å²) in [5.74, 6) is -0.104. The van der Waals surface area contributed by atoms with Gasteiger partial charge in [0.15, 0.2) is 0 Å². The lowest BCUT2D eigenvalue weighted by Gasteiger charge is -2.23. The van der Waals surface area contributed by atoms with Crippen LogP contribution < -0.4 is 5.32 Å². The van der Waals surface area contributed by atoms with Crippen LogP contribution in [-0.4, -0.2) is 18.3 Å². The summed E-state index contributed by atoms with van der Waals surface area (Å²) in [5, 5.41) is 2.79. The maximum absolute atomic E-state index is 12.9. The van der Waals surface area contributed by atoms with E-state index in [9.17, 15) is 9.18 Å². The first kappa shape index (κ1) is 14.0. The van der Waals surface area contributed by atoms with Gasteiger partial charge in [-0.3, -0.25) is 4.79 Å². The molecule has 0 aromatic heterocycles. The van der Waals surface area contributed by atoms with E-state index in [1.165, 1.54) is 18.2 Å². The largest absolute Gasteiger partial charge is 0.352 e. The molecule has 0 unspecified atom stereocenters. The molecule has 0 aliphatic heterocycles. The van der Waals surface area contributed by atoms with Crippen LogP contribution in [0.3, 0.4) is 0 Å². The average Bonchev–Trinajstić information content (AvgIpc) is 2.26. The van der Waals surface area contributed by atoms with Crippen LogP contribution in [0.2, 0.25) is 0 Å². The predicted octanol–water partition coefficient (Wildman–Crippen LogP) is 3.21. The number of carbonyl (C=O) groups is 1. The highest BCUT2D eigenvalue weighted by molar-refractivity contribution is 6.17. The third kappa shape index (κ3) is 4.73. The Balaban J connectivity index is 2.56. The Kier molecular flexibility index (Phi) is 4.94. The van der Waals surface area contributed by atoms with Crippen LogP contribution in [0.25, 0.3) is 0 Å². The molecule has 0 aliphatic carbocycles. The van der Waals surface area contributed by atoms with E-state index in [0.717, 1.165) is 6.42 Å². The van der Waals surface area contributed by atoms with Gasteiger partial charge in [-0.25, -0.2) is 4.39 Å². The fraction of sp³-hybridized carbons (Fsp3) is 0.462. The topological polar surface area (TPSA) is 29.1 Å². The Morgan fingerprint density at radius 2 is 2.18 bits per heavy atom. The second kappa shape index (κ2) is 6.01. The summed E-state index contributed by atoms with van der Waals surface area (Å²) in [4.78, 5) is 11.7. The Morgan fingerprint density at radius 1 is 1.47 bits per heavy atom. The highest BCUT2D eigenvalue weighted by Crippen LogP contribution is 2.19. The highest BCUT2D eigenvalue weighted by atomic mass is 35.5. The minimum atomic E-state index is -0.405. The van der Waals surface area contributed by atoms with Crippen molar-refractivity contribution in [1.82, 2.24) is 5.32 Å². The standard InChI is InChI=1S/C13H17ClFNO/c1-13(2,6-7-14)9-16-12(17)10-4-3-5-11(15)8-10/h3-5,8H,6-7,9H2,1-2H3,(H,16,17). The number of halogens is 2. The van der Waals surface area contributed by atoms with Crippen molar-refractivity contribution >= 4 is 17.5 Å². The predicted molar refractivity (Wildman–Crippen MR) is 67.9 cm³/mol. The Labute approximate surface area is 106 Å². The number of hydrogen-bond acceptors (Lipinski definition) is 1. The first-order chi connectivity index (χ1) is 7.94. The van der Waals surface area contributed by atoms with E-state index in [2.05, 4.69) is 5.32 Å². The summed E-state index contributed by atoms with van der Waals surface area (Å²) < 4.78 is 12.9. The average molecular weight is 258 g/mol. The van der Waals surface area contributed by atoms with Gasteiger partial charge in [0.25, 0.3) is 5.91 Å². The Hall–Kier alpha value is -1.09. The molecular formula is C13H17ClFNO. The van der Waals surface area contributed by atoms with Crippen molar-refractivity contribution in [2.45, 2.75) is 20.3 Å². The smallest absolute Gasteiger partial charge is 0.251 e. The number of hydrogen-bond donors (Lipinski definition) is 1. The van der Waals surface area contributed by atoms with Gasteiger partial charge in [-0.1, -0.05) is 19.9 Å². The third-order valence-electron chi connectivity index (χ3n) is 2.59. The van der Waals surface area contributed by atoms with Gasteiger partial charge in [-0.2, -0.15) is 0 Å². The molecule has 1 amide bonds. The van der Waals surface area contributed by atoms with E-state index in [4.69, 9.17) is 11.6 Å². The van der Waals surface area contributed by atoms with Crippen LogP contribution in [0.1, 0.15) is 30.6 Å². The second-order valence-electron chi connectivity index (χ2n) is 4.80. The zero-order valence-electron chi connectivity index (χ0n) is 10.1. The number of amides is 1. The summed E-state index contributed by atoms with van der Waals surface area (Å²) in [7, 11) is 0. The van der Waals surface area contributed by atoms with Crippen molar-refractivity contribution in [3.8, 4) is 0 Å². The molecule has 1 aromatic rings. The van der Waals surface area contributed by atoms with Crippen LogP contribution in [0.5, 0.6) is 0 Å². The molecule has 1 aromatic carbocycles. The molecule has 0 atom stereocenters. The monoisotopic (exact) mass is 257 g/mol. The molecule has 4 heteroatoms. The molecule has 0 heterocycles. The lowest BCUT2D eigenvalue weighted by molar-refractivity contribution is 0.0935. The van der Waals surface area contributed by atoms with E-state index in [-0.39, 0.29) is 11.3 Å². The maximum Gasteiger partial charge on any atom is 0.251 e. The van der Waals surface area contributed by atoms with Gasteiger partial charge in [0, 0.05) is 18.0 Å². The van der Waals surface area contributed by atoms with Crippen LogP contribution in [-0.2, 0) is 0 Å². The summed E-state index contributed by atoms with van der Waals surface area (Å²) in [6.45, 7) is 4.58. The Bertz CT molecular complexity index is 393. The molecule has 1 rings (SSSR count). The second-order valence-corrected chi connectivity index (χ2v) is 5.17. The molecule has 2 nitrogen and oxygen atoms in total. The highest BCUT2D eigenvalue weighted by Gasteiger charge is 2.18. The van der Waals surface area contributed by atoms with Crippen LogP contribution in [0.15, 0.2) is 24.3 Å². The molecule has 17 heavy (non-hydrogen) atoms. The SMILES string of the molecule is CC(C)(CCCl)CNC(=O)c1cccc(F)c1. The van der Waals surface area contributed by atoms with Crippen molar-refractivity contribution in [2.24, 2.45) is 5.41 Å².